The standard InChI is InChI=1S/C12H17NO4S/c1-8(3-4-11(14)15)6-13-12(16)10-5-9(17-2)7-18-10/h5,7-8H,3-4,6H2,1-2H3,(H,13,16)(H,14,15). The lowest BCUT2D eigenvalue weighted by Gasteiger charge is -2.10. The maximum atomic E-state index is 11.7. The molecule has 0 fully saturated rings. The van der Waals surface area contributed by atoms with E-state index in [1.165, 1.54) is 11.3 Å². The molecule has 0 aliphatic rings. The molecule has 1 aromatic rings. The minimum Gasteiger partial charge on any atom is -0.496 e. The number of rotatable bonds is 7. The minimum absolute atomic E-state index is 0.129. The van der Waals surface area contributed by atoms with Crippen molar-refractivity contribution in [2.24, 2.45) is 5.92 Å². The van der Waals surface area contributed by atoms with Crippen LogP contribution in [0.5, 0.6) is 5.75 Å². The summed E-state index contributed by atoms with van der Waals surface area (Å²) in [5, 5.41) is 13.1. The monoisotopic (exact) mass is 271 g/mol. The summed E-state index contributed by atoms with van der Waals surface area (Å²) in [4.78, 5) is 22.7. The second-order valence-electron chi connectivity index (χ2n) is 4.10. The number of carboxylic acids is 1. The number of carboxylic acid groups (broad SMARTS) is 1. The zero-order chi connectivity index (χ0) is 13.5. The summed E-state index contributed by atoms with van der Waals surface area (Å²) >= 11 is 1.32. The van der Waals surface area contributed by atoms with E-state index >= 15 is 0 Å². The van der Waals surface area contributed by atoms with Crippen molar-refractivity contribution < 1.29 is 19.4 Å². The molecule has 0 aliphatic carbocycles. The predicted octanol–water partition coefficient (Wildman–Crippen LogP) is 1.99. The molecular weight excluding hydrogens is 254 g/mol. The molecule has 0 saturated carbocycles. The lowest BCUT2D eigenvalue weighted by molar-refractivity contribution is -0.137. The van der Waals surface area contributed by atoms with Gasteiger partial charge >= 0.3 is 5.97 Å². The third-order valence-corrected chi connectivity index (χ3v) is 3.40. The van der Waals surface area contributed by atoms with Gasteiger partial charge in [-0.1, -0.05) is 6.92 Å². The Hall–Kier alpha value is -1.56. The summed E-state index contributed by atoms with van der Waals surface area (Å²) in [6, 6.07) is 1.68. The molecule has 100 valence electrons. The number of thiophene rings is 1. The molecule has 1 atom stereocenters. The van der Waals surface area contributed by atoms with Crippen LogP contribution >= 0.6 is 11.3 Å². The summed E-state index contributed by atoms with van der Waals surface area (Å²) < 4.78 is 5.00. The smallest absolute Gasteiger partial charge is 0.303 e. The highest BCUT2D eigenvalue weighted by molar-refractivity contribution is 7.12. The Bertz CT molecular complexity index is 416. The molecule has 0 saturated heterocycles. The Morgan fingerprint density at radius 2 is 2.28 bits per heavy atom. The minimum atomic E-state index is -0.809. The molecule has 1 unspecified atom stereocenters. The van der Waals surface area contributed by atoms with E-state index in [1.807, 2.05) is 6.92 Å². The van der Waals surface area contributed by atoms with Crippen LogP contribution in [-0.4, -0.2) is 30.6 Å². The maximum Gasteiger partial charge on any atom is 0.303 e. The average molecular weight is 271 g/mol. The number of methoxy groups -OCH3 is 1. The Labute approximate surface area is 110 Å². The van der Waals surface area contributed by atoms with Crippen molar-refractivity contribution in [1.82, 2.24) is 5.32 Å². The number of carbonyl (C=O) groups excluding carboxylic acids is 1. The van der Waals surface area contributed by atoms with Crippen LogP contribution in [0.25, 0.3) is 0 Å². The molecule has 0 aliphatic heterocycles. The first-order valence-electron chi connectivity index (χ1n) is 5.65. The van der Waals surface area contributed by atoms with Crippen molar-refractivity contribution >= 4 is 23.2 Å². The number of amides is 1. The fraction of sp³-hybridized carbons (Fsp3) is 0.500. The second-order valence-corrected chi connectivity index (χ2v) is 5.01. The van der Waals surface area contributed by atoms with Gasteiger partial charge in [-0.3, -0.25) is 9.59 Å². The van der Waals surface area contributed by atoms with Crippen LogP contribution in [0.3, 0.4) is 0 Å². The molecular formula is C12H17NO4S. The van der Waals surface area contributed by atoms with Crippen LogP contribution in [0.4, 0.5) is 0 Å². The lowest BCUT2D eigenvalue weighted by Crippen LogP contribution is -2.27. The van der Waals surface area contributed by atoms with E-state index in [1.54, 1.807) is 18.6 Å². The largest absolute Gasteiger partial charge is 0.496 e. The van der Waals surface area contributed by atoms with E-state index in [2.05, 4.69) is 5.32 Å². The van der Waals surface area contributed by atoms with Gasteiger partial charge in [0, 0.05) is 24.4 Å². The van der Waals surface area contributed by atoms with E-state index in [-0.39, 0.29) is 18.2 Å². The zero-order valence-corrected chi connectivity index (χ0v) is 11.3. The molecule has 2 N–H and O–H groups in total. The van der Waals surface area contributed by atoms with Crippen molar-refractivity contribution in [2.75, 3.05) is 13.7 Å². The number of carbonyl (C=O) groups is 2. The van der Waals surface area contributed by atoms with Crippen molar-refractivity contribution in [3.05, 3.63) is 16.3 Å². The molecule has 0 spiro atoms. The number of hydrogen-bond acceptors (Lipinski definition) is 4. The quantitative estimate of drug-likeness (QED) is 0.795. The van der Waals surface area contributed by atoms with Crippen molar-refractivity contribution in [3.63, 3.8) is 0 Å². The highest BCUT2D eigenvalue weighted by Gasteiger charge is 2.11. The molecule has 18 heavy (non-hydrogen) atoms. The Morgan fingerprint density at radius 1 is 1.56 bits per heavy atom. The van der Waals surface area contributed by atoms with Crippen LogP contribution in [0.2, 0.25) is 0 Å². The van der Waals surface area contributed by atoms with E-state index < -0.39 is 5.97 Å². The van der Waals surface area contributed by atoms with Gasteiger partial charge < -0.3 is 15.2 Å². The third-order valence-electron chi connectivity index (χ3n) is 2.50. The first-order valence-corrected chi connectivity index (χ1v) is 6.53. The van der Waals surface area contributed by atoms with Gasteiger partial charge in [0.05, 0.1) is 12.0 Å². The molecule has 0 radical (unpaired) electrons. The summed E-state index contributed by atoms with van der Waals surface area (Å²) in [6.07, 6.45) is 0.688. The van der Waals surface area contributed by atoms with Gasteiger partial charge in [-0.2, -0.15) is 0 Å². The van der Waals surface area contributed by atoms with Gasteiger partial charge in [-0.15, -0.1) is 11.3 Å². The Balaban J connectivity index is 2.34. The van der Waals surface area contributed by atoms with Gasteiger partial charge in [-0.05, 0) is 12.3 Å². The third kappa shape index (κ3) is 4.75. The fourth-order valence-corrected chi connectivity index (χ4v) is 2.14. The van der Waals surface area contributed by atoms with E-state index in [0.29, 0.717) is 23.6 Å². The summed E-state index contributed by atoms with van der Waals surface area (Å²) in [5.41, 5.74) is 0. The summed E-state index contributed by atoms with van der Waals surface area (Å²) in [5.74, 6) is -0.141. The van der Waals surface area contributed by atoms with Gasteiger partial charge in [0.15, 0.2) is 0 Å². The molecule has 0 bridgehead atoms. The molecule has 1 rings (SSSR count). The first kappa shape index (κ1) is 14.5. The van der Waals surface area contributed by atoms with E-state index in [9.17, 15) is 9.59 Å². The zero-order valence-electron chi connectivity index (χ0n) is 10.4. The molecule has 0 aromatic carbocycles. The molecule has 1 heterocycles. The second kappa shape index (κ2) is 7.00. The van der Waals surface area contributed by atoms with E-state index in [0.717, 1.165) is 0 Å². The Kier molecular flexibility index (Phi) is 5.64. The first-order chi connectivity index (χ1) is 8.52. The van der Waals surface area contributed by atoms with Gasteiger partial charge in [0.25, 0.3) is 5.91 Å². The summed E-state index contributed by atoms with van der Waals surface area (Å²) in [6.45, 7) is 2.39. The average Bonchev–Trinajstić information content (AvgIpc) is 2.82. The van der Waals surface area contributed by atoms with Crippen LogP contribution in [0.1, 0.15) is 29.4 Å². The van der Waals surface area contributed by atoms with Crippen LogP contribution < -0.4 is 10.1 Å². The van der Waals surface area contributed by atoms with Crippen LogP contribution in [-0.2, 0) is 4.79 Å². The number of hydrogen-bond donors (Lipinski definition) is 2. The van der Waals surface area contributed by atoms with E-state index in [4.69, 9.17) is 9.84 Å². The number of aliphatic carboxylic acids is 1. The predicted molar refractivity (Wildman–Crippen MR) is 69.2 cm³/mol. The highest BCUT2D eigenvalue weighted by Crippen LogP contribution is 2.20. The Morgan fingerprint density at radius 3 is 2.83 bits per heavy atom. The van der Waals surface area contributed by atoms with Gasteiger partial charge in [-0.25, -0.2) is 0 Å². The van der Waals surface area contributed by atoms with Gasteiger partial charge in [0.2, 0.25) is 0 Å². The number of ether oxygens (including phenoxy) is 1. The van der Waals surface area contributed by atoms with Crippen molar-refractivity contribution in [3.8, 4) is 5.75 Å². The summed E-state index contributed by atoms with van der Waals surface area (Å²) in [7, 11) is 1.55. The molecule has 1 aromatic heterocycles. The number of nitrogens with one attached hydrogen (secondary N) is 1. The lowest BCUT2D eigenvalue weighted by atomic mass is 10.1. The van der Waals surface area contributed by atoms with Crippen LogP contribution in [0.15, 0.2) is 11.4 Å². The highest BCUT2D eigenvalue weighted by atomic mass is 32.1. The topological polar surface area (TPSA) is 75.6 Å². The molecule has 6 heteroatoms. The SMILES string of the molecule is COc1csc(C(=O)NCC(C)CCC(=O)O)c1. The molecule has 5 nitrogen and oxygen atoms in total. The normalized spacial score (nSPS) is 11.9. The fourth-order valence-electron chi connectivity index (χ4n) is 1.37. The molecule has 1 amide bonds. The maximum absolute atomic E-state index is 11.7. The van der Waals surface area contributed by atoms with Gasteiger partial charge in [0.1, 0.15) is 5.75 Å². The van der Waals surface area contributed by atoms with Crippen molar-refractivity contribution in [1.29, 1.82) is 0 Å². The van der Waals surface area contributed by atoms with Crippen LogP contribution in [0, 0.1) is 5.92 Å². The van der Waals surface area contributed by atoms with Crippen molar-refractivity contribution in [2.45, 2.75) is 19.8 Å².